The van der Waals surface area contributed by atoms with Gasteiger partial charge in [0, 0.05) is 13.0 Å². The summed E-state index contributed by atoms with van der Waals surface area (Å²) in [6.45, 7) is 0.617. The van der Waals surface area contributed by atoms with Crippen LogP contribution in [0.5, 0.6) is 0 Å². The van der Waals surface area contributed by atoms with E-state index in [4.69, 9.17) is 8.83 Å². The predicted octanol–water partition coefficient (Wildman–Crippen LogP) is 3.37. The largest absolute Gasteiger partial charge is 0.443 e. The normalized spacial score (nSPS) is 17.2. The second-order valence-electron chi connectivity index (χ2n) is 5.99. The summed E-state index contributed by atoms with van der Waals surface area (Å²) in [5, 5.41) is 0. The first-order valence-corrected chi connectivity index (χ1v) is 8.09. The first-order valence-electron chi connectivity index (χ1n) is 8.09. The minimum absolute atomic E-state index is 0.207. The molecule has 4 rings (SSSR count). The van der Waals surface area contributed by atoms with Crippen molar-refractivity contribution in [2.24, 2.45) is 0 Å². The minimum Gasteiger partial charge on any atom is -0.443 e. The molecule has 3 heterocycles. The van der Waals surface area contributed by atoms with Gasteiger partial charge in [0.1, 0.15) is 17.6 Å². The molecular weight excluding hydrogens is 325 g/mol. The summed E-state index contributed by atoms with van der Waals surface area (Å²) < 4.78 is 24.2. The van der Waals surface area contributed by atoms with E-state index < -0.39 is 0 Å². The maximum atomic E-state index is 13.3. The number of oxazole rings is 2. The molecule has 1 amide bonds. The van der Waals surface area contributed by atoms with Gasteiger partial charge in [-0.3, -0.25) is 4.79 Å². The maximum absolute atomic E-state index is 13.3. The molecule has 2 aromatic heterocycles. The van der Waals surface area contributed by atoms with Crippen molar-refractivity contribution in [3.8, 4) is 0 Å². The molecule has 0 saturated carbocycles. The van der Waals surface area contributed by atoms with E-state index in [1.165, 1.54) is 24.7 Å². The van der Waals surface area contributed by atoms with Crippen LogP contribution in [0, 0.1) is 5.82 Å². The van der Waals surface area contributed by atoms with Gasteiger partial charge in [-0.15, -0.1) is 0 Å². The molecule has 1 aliphatic heterocycles. The number of carbonyl (C=O) groups is 1. The van der Waals surface area contributed by atoms with E-state index in [0.29, 0.717) is 24.6 Å². The van der Waals surface area contributed by atoms with Crippen molar-refractivity contribution in [3.05, 3.63) is 71.8 Å². The minimum atomic E-state index is -0.281. The Bertz CT molecular complexity index is 875. The molecule has 1 atom stereocenters. The Labute approximate surface area is 143 Å². The van der Waals surface area contributed by atoms with Crippen LogP contribution in [0.25, 0.3) is 0 Å². The highest BCUT2D eigenvalue weighted by atomic mass is 19.1. The molecule has 0 aliphatic carbocycles. The smallest absolute Gasteiger partial charge is 0.291 e. The van der Waals surface area contributed by atoms with Crippen LogP contribution in [0.1, 0.15) is 46.7 Å². The van der Waals surface area contributed by atoms with Crippen molar-refractivity contribution in [2.75, 3.05) is 6.54 Å². The van der Waals surface area contributed by atoms with Gasteiger partial charge in [0.15, 0.2) is 6.39 Å². The van der Waals surface area contributed by atoms with E-state index in [1.807, 2.05) is 6.07 Å². The quantitative estimate of drug-likeness (QED) is 0.727. The van der Waals surface area contributed by atoms with Gasteiger partial charge in [-0.05, 0) is 30.5 Å². The number of rotatable bonds is 4. The number of carbonyl (C=O) groups excluding carboxylic acids is 1. The molecule has 1 fully saturated rings. The highest BCUT2D eigenvalue weighted by Gasteiger charge is 2.35. The van der Waals surface area contributed by atoms with E-state index >= 15 is 0 Å². The van der Waals surface area contributed by atoms with E-state index in [1.54, 1.807) is 17.2 Å². The number of amides is 1. The fraction of sp³-hybridized carbons (Fsp3) is 0.278. The summed E-state index contributed by atoms with van der Waals surface area (Å²) in [5.41, 5.74) is 0.809. The zero-order valence-corrected chi connectivity index (χ0v) is 13.4. The lowest BCUT2D eigenvalue weighted by atomic mass is 10.1. The SMILES string of the molecule is O=C(c1cnco1)N1CCC[C@H]1c1ncc(Cc2cccc(F)c2)o1. The molecule has 128 valence electrons. The Balaban J connectivity index is 1.52. The second-order valence-corrected chi connectivity index (χ2v) is 5.99. The Morgan fingerprint density at radius 1 is 1.36 bits per heavy atom. The van der Waals surface area contributed by atoms with Crippen LogP contribution < -0.4 is 0 Å². The third-order valence-electron chi connectivity index (χ3n) is 4.28. The van der Waals surface area contributed by atoms with Crippen LogP contribution in [-0.4, -0.2) is 27.3 Å². The number of likely N-dealkylation sites (tertiary alicyclic amines) is 1. The number of benzene rings is 1. The van der Waals surface area contributed by atoms with E-state index in [9.17, 15) is 9.18 Å². The molecular formula is C18H16FN3O3. The van der Waals surface area contributed by atoms with Crippen LogP contribution in [0.15, 0.2) is 51.9 Å². The van der Waals surface area contributed by atoms with Crippen molar-refractivity contribution in [2.45, 2.75) is 25.3 Å². The fourth-order valence-corrected chi connectivity index (χ4v) is 3.14. The topological polar surface area (TPSA) is 72.4 Å². The van der Waals surface area contributed by atoms with Gasteiger partial charge < -0.3 is 13.7 Å². The lowest BCUT2D eigenvalue weighted by molar-refractivity contribution is 0.0682. The maximum Gasteiger partial charge on any atom is 0.291 e. The van der Waals surface area contributed by atoms with Gasteiger partial charge in [0.25, 0.3) is 5.91 Å². The molecule has 7 heteroatoms. The molecule has 0 N–H and O–H groups in total. The van der Waals surface area contributed by atoms with Crippen molar-refractivity contribution in [3.63, 3.8) is 0 Å². The molecule has 6 nitrogen and oxygen atoms in total. The number of hydrogen-bond donors (Lipinski definition) is 0. The lowest BCUT2D eigenvalue weighted by Gasteiger charge is -2.20. The summed E-state index contributed by atoms with van der Waals surface area (Å²) in [5.74, 6) is 0.844. The third kappa shape index (κ3) is 3.17. The van der Waals surface area contributed by atoms with Crippen LogP contribution in [-0.2, 0) is 6.42 Å². The Kier molecular flexibility index (Phi) is 4.05. The lowest BCUT2D eigenvalue weighted by Crippen LogP contribution is -2.30. The molecule has 1 aromatic carbocycles. The zero-order valence-electron chi connectivity index (χ0n) is 13.4. The first-order chi connectivity index (χ1) is 12.2. The fourth-order valence-electron chi connectivity index (χ4n) is 3.14. The molecule has 0 bridgehead atoms. The number of halogens is 1. The monoisotopic (exact) mass is 341 g/mol. The molecule has 1 aliphatic rings. The molecule has 0 radical (unpaired) electrons. The molecule has 25 heavy (non-hydrogen) atoms. The van der Waals surface area contributed by atoms with Gasteiger partial charge in [-0.25, -0.2) is 14.4 Å². The van der Waals surface area contributed by atoms with Crippen molar-refractivity contribution >= 4 is 5.91 Å². The summed E-state index contributed by atoms with van der Waals surface area (Å²) >= 11 is 0. The van der Waals surface area contributed by atoms with Gasteiger partial charge >= 0.3 is 0 Å². The highest BCUT2D eigenvalue weighted by molar-refractivity contribution is 5.91. The van der Waals surface area contributed by atoms with E-state index in [2.05, 4.69) is 9.97 Å². The number of hydrogen-bond acceptors (Lipinski definition) is 5. The van der Waals surface area contributed by atoms with E-state index in [0.717, 1.165) is 18.4 Å². The number of aromatic nitrogens is 2. The van der Waals surface area contributed by atoms with Crippen LogP contribution in [0.2, 0.25) is 0 Å². The average Bonchev–Trinajstić information content (AvgIpc) is 3.35. The predicted molar refractivity (Wildman–Crippen MR) is 85.2 cm³/mol. The molecule has 0 spiro atoms. The van der Waals surface area contributed by atoms with Gasteiger partial charge in [-0.2, -0.15) is 0 Å². The Hall–Kier alpha value is -2.96. The van der Waals surface area contributed by atoms with Crippen molar-refractivity contribution in [1.29, 1.82) is 0 Å². The molecule has 0 unspecified atom stereocenters. The molecule has 1 saturated heterocycles. The average molecular weight is 341 g/mol. The van der Waals surface area contributed by atoms with Gasteiger partial charge in [0.05, 0.1) is 12.4 Å². The third-order valence-corrected chi connectivity index (χ3v) is 4.28. The summed E-state index contributed by atoms with van der Waals surface area (Å²) in [4.78, 5) is 22.3. The Morgan fingerprint density at radius 3 is 3.08 bits per heavy atom. The van der Waals surface area contributed by atoms with Crippen molar-refractivity contribution in [1.82, 2.24) is 14.9 Å². The Morgan fingerprint density at radius 2 is 2.28 bits per heavy atom. The second kappa shape index (κ2) is 6.51. The van der Waals surface area contributed by atoms with Crippen LogP contribution in [0.4, 0.5) is 4.39 Å². The summed E-state index contributed by atoms with van der Waals surface area (Å²) in [6.07, 6.45) is 6.37. The standard InChI is InChI=1S/C18H16FN3O3/c19-13-4-1-3-12(7-13)8-14-9-21-17(25-14)15-5-2-6-22(15)18(23)16-10-20-11-24-16/h1,3-4,7,9-11,15H,2,5-6,8H2/t15-/m0/s1. The van der Waals surface area contributed by atoms with Crippen molar-refractivity contribution < 1.29 is 18.0 Å². The van der Waals surface area contributed by atoms with Crippen LogP contribution >= 0.6 is 0 Å². The number of nitrogens with zero attached hydrogens (tertiary/aromatic N) is 3. The van der Waals surface area contributed by atoms with Crippen LogP contribution in [0.3, 0.4) is 0 Å². The summed E-state index contributed by atoms with van der Waals surface area (Å²) in [7, 11) is 0. The van der Waals surface area contributed by atoms with Gasteiger partial charge in [-0.1, -0.05) is 12.1 Å². The summed E-state index contributed by atoms with van der Waals surface area (Å²) in [6, 6.07) is 6.15. The molecule has 3 aromatic rings. The first kappa shape index (κ1) is 15.6. The van der Waals surface area contributed by atoms with Gasteiger partial charge in [0.2, 0.25) is 11.7 Å². The highest BCUT2D eigenvalue weighted by Crippen LogP contribution is 2.33. The zero-order chi connectivity index (χ0) is 17.2. The van der Waals surface area contributed by atoms with E-state index in [-0.39, 0.29) is 23.5 Å².